The number of fused-ring (bicyclic) bond motifs is 2. The summed E-state index contributed by atoms with van der Waals surface area (Å²) in [5.74, 6) is -4.41. The summed E-state index contributed by atoms with van der Waals surface area (Å²) in [6.07, 6.45) is 4.57. The molecule has 0 saturated carbocycles. The quantitative estimate of drug-likeness (QED) is 0.114. The van der Waals surface area contributed by atoms with Crippen molar-refractivity contribution in [2.24, 2.45) is 0 Å². The van der Waals surface area contributed by atoms with E-state index in [1.54, 1.807) is 36.0 Å². The summed E-state index contributed by atoms with van der Waals surface area (Å²) < 4.78 is 18.4. The predicted octanol–water partition coefficient (Wildman–Crippen LogP) is -2.81. The summed E-state index contributed by atoms with van der Waals surface area (Å²) in [5.41, 5.74) is -0.153. The van der Waals surface area contributed by atoms with Gasteiger partial charge < -0.3 is 29.7 Å². The molecular weight excluding hydrogens is 646 g/mol. The second-order valence-corrected chi connectivity index (χ2v) is 12.6. The fourth-order valence-electron chi connectivity index (χ4n) is 5.59. The molecule has 2 aliphatic heterocycles. The van der Waals surface area contributed by atoms with Crippen molar-refractivity contribution in [2.45, 2.75) is 37.8 Å². The molecule has 15 heteroatoms. The van der Waals surface area contributed by atoms with Gasteiger partial charge in [0, 0.05) is 52.0 Å². The molecular formula is C31H24FN4NaO7S2. The Balaban J connectivity index is 0.00000417. The maximum absolute atomic E-state index is 15.2. The number of thiophene rings is 1. The van der Waals surface area contributed by atoms with Crippen LogP contribution in [-0.4, -0.2) is 50.4 Å². The van der Waals surface area contributed by atoms with Crippen LogP contribution < -0.4 is 55.1 Å². The van der Waals surface area contributed by atoms with Gasteiger partial charge in [0.15, 0.2) is 24.4 Å². The van der Waals surface area contributed by atoms with Gasteiger partial charge in [-0.05, 0) is 36.1 Å². The Morgan fingerprint density at radius 3 is 2.48 bits per heavy atom. The van der Waals surface area contributed by atoms with Crippen LogP contribution in [0, 0.1) is 5.82 Å². The smallest absolute Gasteiger partial charge is 0.545 e. The monoisotopic (exact) mass is 670 g/mol. The van der Waals surface area contributed by atoms with Crippen LogP contribution in [0.1, 0.15) is 22.2 Å². The molecule has 0 radical (unpaired) electrons. The number of pyridine rings is 2. The molecule has 0 spiro atoms. The molecule has 2 unspecified atom stereocenters. The second-order valence-electron chi connectivity index (χ2n) is 10.5. The first-order valence-corrected chi connectivity index (χ1v) is 15.8. The molecule has 11 nitrogen and oxygen atoms in total. The van der Waals surface area contributed by atoms with E-state index in [1.807, 2.05) is 17.5 Å². The van der Waals surface area contributed by atoms with Gasteiger partial charge in [0.2, 0.25) is 5.91 Å². The van der Waals surface area contributed by atoms with Crippen LogP contribution in [0.25, 0.3) is 22.0 Å². The number of hydrogen-bond donors (Lipinski definition) is 1. The minimum absolute atomic E-state index is 0. The molecule has 2 atom stereocenters. The number of β-lactam (4-membered cyclic amide) rings is 1. The van der Waals surface area contributed by atoms with Crippen LogP contribution in [0.2, 0.25) is 0 Å². The van der Waals surface area contributed by atoms with Crippen molar-refractivity contribution >= 4 is 57.8 Å². The van der Waals surface area contributed by atoms with Gasteiger partial charge in [0.1, 0.15) is 17.2 Å². The van der Waals surface area contributed by atoms with Gasteiger partial charge in [0.05, 0.1) is 35.1 Å². The van der Waals surface area contributed by atoms with E-state index >= 15 is 4.39 Å². The van der Waals surface area contributed by atoms with Gasteiger partial charge in [-0.3, -0.25) is 19.3 Å². The summed E-state index contributed by atoms with van der Waals surface area (Å²) in [5, 5.41) is 27.5. The summed E-state index contributed by atoms with van der Waals surface area (Å²) in [7, 11) is 0. The molecule has 1 saturated heterocycles. The topological polar surface area (TPSA) is 156 Å². The van der Waals surface area contributed by atoms with Crippen molar-refractivity contribution in [1.82, 2.24) is 14.8 Å². The summed E-state index contributed by atoms with van der Waals surface area (Å²) in [4.78, 5) is 63.7. The molecule has 4 aromatic rings. The van der Waals surface area contributed by atoms with Crippen molar-refractivity contribution in [3.63, 3.8) is 0 Å². The molecule has 1 fully saturated rings. The number of amides is 2. The van der Waals surface area contributed by atoms with Gasteiger partial charge in [-0.25, -0.2) is 8.96 Å². The van der Waals surface area contributed by atoms with Gasteiger partial charge >= 0.3 is 29.6 Å². The van der Waals surface area contributed by atoms with Gasteiger partial charge in [-0.1, -0.05) is 6.07 Å². The molecule has 5 heterocycles. The first kappa shape index (κ1) is 33.5. The van der Waals surface area contributed by atoms with Gasteiger partial charge in [-0.2, -0.15) is 0 Å². The molecule has 2 amide bonds. The van der Waals surface area contributed by atoms with E-state index in [9.17, 15) is 34.2 Å². The number of aryl methyl sites for hydroxylation is 1. The fourth-order valence-corrected chi connectivity index (χ4v) is 7.63. The Morgan fingerprint density at radius 2 is 1.85 bits per heavy atom. The van der Waals surface area contributed by atoms with E-state index in [-0.39, 0.29) is 70.8 Å². The SMILES string of the molecule is CCn1cc(C(=O)[O-])c(=O)c2cc(F)c(-c3cc[n+](CC4=C(C(=O)[O-])N5C(=O)C(NC(=O)Cc6cccs6)C5SC4)cc3)cc21.[Na+]. The Hall–Kier alpha value is -3.82. The first-order chi connectivity index (χ1) is 21.6. The Bertz CT molecular complexity index is 1980. The average molecular weight is 671 g/mol. The largest absolute Gasteiger partial charge is 1.00 e. The summed E-state index contributed by atoms with van der Waals surface area (Å²) in [6.45, 7) is 2.20. The number of aromatic nitrogens is 2. The molecule has 0 bridgehead atoms. The van der Waals surface area contributed by atoms with Crippen molar-refractivity contribution in [2.75, 3.05) is 5.75 Å². The van der Waals surface area contributed by atoms with E-state index < -0.39 is 46.1 Å². The number of carbonyl (C=O) groups excluding carboxylic acids is 4. The molecule has 230 valence electrons. The van der Waals surface area contributed by atoms with E-state index in [0.29, 0.717) is 23.2 Å². The third-order valence-electron chi connectivity index (χ3n) is 7.78. The number of benzene rings is 1. The molecule has 1 N–H and O–H groups in total. The van der Waals surface area contributed by atoms with Crippen LogP contribution in [0.15, 0.2) is 76.4 Å². The van der Waals surface area contributed by atoms with E-state index in [4.69, 9.17) is 0 Å². The van der Waals surface area contributed by atoms with E-state index in [1.165, 1.54) is 39.9 Å². The van der Waals surface area contributed by atoms with Crippen LogP contribution >= 0.6 is 23.1 Å². The summed E-state index contributed by atoms with van der Waals surface area (Å²) >= 11 is 2.78. The number of nitrogens with one attached hydrogen (secondary N) is 1. The van der Waals surface area contributed by atoms with Crippen LogP contribution in [-0.2, 0) is 33.9 Å². The Kier molecular flexibility index (Phi) is 9.84. The van der Waals surface area contributed by atoms with Crippen LogP contribution in [0.4, 0.5) is 4.39 Å². The number of rotatable bonds is 9. The van der Waals surface area contributed by atoms with Gasteiger partial charge in [-0.15, -0.1) is 23.1 Å². The molecule has 1 aromatic carbocycles. The Morgan fingerprint density at radius 1 is 1.11 bits per heavy atom. The molecule has 0 aliphatic carbocycles. The minimum atomic E-state index is -1.64. The number of carboxylic acids is 2. The zero-order valence-electron chi connectivity index (χ0n) is 24.7. The number of aromatic carboxylic acids is 1. The number of aliphatic carboxylic acids is 1. The van der Waals surface area contributed by atoms with Crippen LogP contribution in [0.3, 0.4) is 0 Å². The maximum atomic E-state index is 15.2. The first-order valence-electron chi connectivity index (χ1n) is 13.8. The molecule has 3 aromatic heterocycles. The van der Waals surface area contributed by atoms with Crippen molar-refractivity contribution < 1.29 is 67.9 Å². The number of halogens is 1. The van der Waals surface area contributed by atoms with Crippen molar-refractivity contribution in [1.29, 1.82) is 0 Å². The zero-order valence-corrected chi connectivity index (χ0v) is 28.3. The number of carbonyl (C=O) groups is 4. The van der Waals surface area contributed by atoms with E-state index in [0.717, 1.165) is 15.8 Å². The van der Waals surface area contributed by atoms with Crippen molar-refractivity contribution in [3.8, 4) is 11.1 Å². The molecule has 46 heavy (non-hydrogen) atoms. The zero-order chi connectivity index (χ0) is 32.0. The minimum Gasteiger partial charge on any atom is -0.545 e. The average Bonchev–Trinajstić information content (AvgIpc) is 3.53. The standard InChI is InChI=1S/C31H25FN4O7S2.Na/c1-2-35-14-21(30(40)41)27(38)20-11-22(32)19(12-23(20)35)16-5-7-34(8-6-16)13-17-15-45-29-25(28(39)36(29)26(17)31(42)43)33-24(37)10-18-4-3-9-44-18;/h3-9,11-12,14,25,29H,2,10,13,15H2,1H3,(H2-,33,37,40,41,42,43);/q;+1/p-1. The normalized spacial score (nSPS) is 17.3. The maximum Gasteiger partial charge on any atom is 1.00 e. The number of hydrogen-bond acceptors (Lipinski definition) is 9. The number of carboxylic acid groups (broad SMARTS) is 2. The van der Waals surface area contributed by atoms with E-state index in [2.05, 4.69) is 5.32 Å². The molecule has 6 rings (SSSR count). The number of thioether (sulfide) groups is 1. The third-order valence-corrected chi connectivity index (χ3v) is 9.99. The van der Waals surface area contributed by atoms with Crippen LogP contribution in [0.5, 0.6) is 0 Å². The number of nitrogens with zero attached hydrogens (tertiary/aromatic N) is 3. The fraction of sp³-hybridized carbons (Fsp3) is 0.226. The van der Waals surface area contributed by atoms with Crippen molar-refractivity contribution in [3.05, 3.63) is 98.1 Å². The molecule has 2 aliphatic rings. The second kappa shape index (κ2) is 13.5. The Labute approximate surface area is 291 Å². The summed E-state index contributed by atoms with van der Waals surface area (Å²) in [6, 6.07) is 8.56. The predicted molar refractivity (Wildman–Crippen MR) is 159 cm³/mol. The van der Waals surface area contributed by atoms with Gasteiger partial charge in [0.25, 0.3) is 5.91 Å². The third kappa shape index (κ3) is 6.15.